The Kier molecular flexibility index (Phi) is 5.75. The summed E-state index contributed by atoms with van der Waals surface area (Å²) < 4.78 is 38.9. The number of rotatable bonds is 6. The molecule has 4 unspecified atom stereocenters. The molecule has 4 bridgehead atoms. The van der Waals surface area contributed by atoms with Crippen molar-refractivity contribution in [2.24, 2.45) is 0 Å². The van der Waals surface area contributed by atoms with Gasteiger partial charge in [0, 0.05) is 41.5 Å². The Labute approximate surface area is 179 Å². The quantitative estimate of drug-likeness (QED) is 0.527. The van der Waals surface area contributed by atoms with Gasteiger partial charge in [-0.3, -0.25) is 4.79 Å². The number of carbonyl (C=O) groups excluding carboxylic acids is 1. The molecular weight excluding hydrogens is 393 g/mol. The fourth-order valence-electron chi connectivity index (χ4n) is 5.88. The Bertz CT molecular complexity index is 677. The predicted molar refractivity (Wildman–Crippen MR) is 105 cm³/mol. The van der Waals surface area contributed by atoms with E-state index in [1.165, 1.54) is 7.11 Å². The van der Waals surface area contributed by atoms with Gasteiger partial charge in [0.05, 0.1) is 25.4 Å². The molecule has 4 saturated heterocycles. The number of methoxy groups -OCH3 is 4. The first kappa shape index (κ1) is 22.4. The maximum atomic E-state index is 12.0. The van der Waals surface area contributed by atoms with Crippen LogP contribution in [0.2, 0.25) is 0 Å². The molecule has 1 aliphatic carbocycles. The number of amides is 1. The molecular formula is C20H32BNO8. The first-order chi connectivity index (χ1) is 14.3. The van der Waals surface area contributed by atoms with E-state index in [9.17, 15) is 4.79 Å². The minimum Gasteiger partial charge on any atom is -0.381 e. The molecule has 5 aliphatic rings. The summed E-state index contributed by atoms with van der Waals surface area (Å²) in [4.78, 5) is 13.6. The van der Waals surface area contributed by atoms with E-state index in [2.05, 4.69) is 0 Å². The third-order valence-corrected chi connectivity index (χ3v) is 7.26. The molecule has 5 rings (SSSR count). The van der Waals surface area contributed by atoms with Crippen LogP contribution in [0.15, 0.2) is 0 Å². The van der Waals surface area contributed by atoms with Crippen LogP contribution in [0.4, 0.5) is 0 Å². The molecule has 4 heterocycles. The Hall–Kier alpha value is -0.745. The number of likely N-dealkylation sites (N-methyl/N-ethyl adjacent to an activating group) is 1. The molecule has 9 nitrogen and oxygen atoms in total. The summed E-state index contributed by atoms with van der Waals surface area (Å²) in [6.45, 7) is 2.77. The molecule has 4 aliphatic heterocycles. The van der Waals surface area contributed by atoms with Crippen LogP contribution < -0.4 is 0 Å². The number of hydrogen-bond donors (Lipinski definition) is 0. The Morgan fingerprint density at radius 2 is 1.67 bits per heavy atom. The first-order valence-electron chi connectivity index (χ1n) is 10.4. The SMILES string of the molecule is COC[C@]12O[C@@H](C)C(OC13CC3)C2OC.[B][C@@H]1O[C@@]2(COC)C(=O)N(C)C1C2OC. The van der Waals surface area contributed by atoms with Gasteiger partial charge in [-0.1, -0.05) is 0 Å². The van der Waals surface area contributed by atoms with Crippen molar-refractivity contribution >= 4 is 13.8 Å². The number of morpholine rings is 1. The van der Waals surface area contributed by atoms with Crippen molar-refractivity contribution in [2.75, 3.05) is 48.7 Å². The molecule has 1 saturated carbocycles. The average molecular weight is 425 g/mol. The second kappa shape index (κ2) is 7.69. The van der Waals surface area contributed by atoms with Crippen LogP contribution in [0.1, 0.15) is 19.8 Å². The van der Waals surface area contributed by atoms with Gasteiger partial charge in [-0.25, -0.2) is 0 Å². The fourth-order valence-corrected chi connectivity index (χ4v) is 5.88. The summed E-state index contributed by atoms with van der Waals surface area (Å²) in [5, 5.41) is 0. The fraction of sp³-hybridized carbons (Fsp3) is 0.950. The normalized spacial score (nSPS) is 47.1. The molecule has 8 atom stereocenters. The van der Waals surface area contributed by atoms with Crippen molar-refractivity contribution < 1.29 is 38.0 Å². The topological polar surface area (TPSA) is 84.9 Å². The van der Waals surface area contributed by atoms with Gasteiger partial charge in [-0.2, -0.15) is 0 Å². The number of nitrogens with zero attached hydrogens (tertiary/aromatic N) is 1. The van der Waals surface area contributed by atoms with E-state index in [1.807, 2.05) is 6.92 Å². The molecule has 30 heavy (non-hydrogen) atoms. The summed E-state index contributed by atoms with van der Waals surface area (Å²) >= 11 is 0. The van der Waals surface area contributed by atoms with Crippen molar-refractivity contribution in [2.45, 2.75) is 73.0 Å². The van der Waals surface area contributed by atoms with Crippen LogP contribution in [-0.2, 0) is 38.0 Å². The van der Waals surface area contributed by atoms with E-state index in [0.717, 1.165) is 12.8 Å². The van der Waals surface area contributed by atoms with Crippen LogP contribution in [-0.4, -0.2) is 121 Å². The highest BCUT2D eigenvalue weighted by atomic mass is 16.7. The maximum Gasteiger partial charge on any atom is 0.260 e. The van der Waals surface area contributed by atoms with Gasteiger partial charge in [-0.05, 0) is 19.8 Å². The Morgan fingerprint density at radius 3 is 2.20 bits per heavy atom. The zero-order valence-corrected chi connectivity index (χ0v) is 18.6. The highest BCUT2D eigenvalue weighted by molar-refractivity contribution is 6.13. The van der Waals surface area contributed by atoms with E-state index in [-0.39, 0.29) is 54.2 Å². The number of likely N-dealkylation sites (tertiary alicyclic amines) is 1. The standard InChI is InChI=1S/C11H18O4.C9H14BNO4/c1-7-8-9(13-3)11(14-7,6-12-2)10(15-8)4-5-10;1-11-5-6(14-3)9(4-13-2,8(11)12)15-7(5)10/h7-9H,4-6H2,1-3H3;5-7H,4H2,1-3H3/t7-,8?,9?,11+;5?,6?,7-,9-/m01/s1. The molecule has 168 valence electrons. The van der Waals surface area contributed by atoms with Gasteiger partial charge in [-0.15, -0.1) is 0 Å². The lowest BCUT2D eigenvalue weighted by atomic mass is 9.90. The van der Waals surface area contributed by atoms with Crippen LogP contribution in [0.3, 0.4) is 0 Å². The molecule has 0 aromatic carbocycles. The van der Waals surface area contributed by atoms with Gasteiger partial charge in [0.25, 0.3) is 5.91 Å². The minimum absolute atomic E-state index is 0.0231. The predicted octanol–water partition coefficient (Wildman–Crippen LogP) is -0.511. The highest BCUT2D eigenvalue weighted by Gasteiger charge is 2.77. The second-order valence-corrected chi connectivity index (χ2v) is 8.85. The van der Waals surface area contributed by atoms with Crippen molar-refractivity contribution in [1.29, 1.82) is 0 Å². The third-order valence-electron chi connectivity index (χ3n) is 7.26. The molecule has 1 spiro atoms. The molecule has 1 amide bonds. The lowest BCUT2D eigenvalue weighted by Gasteiger charge is -2.37. The van der Waals surface area contributed by atoms with Crippen LogP contribution >= 0.6 is 0 Å². The van der Waals surface area contributed by atoms with E-state index >= 15 is 0 Å². The van der Waals surface area contributed by atoms with Gasteiger partial charge in [0.2, 0.25) is 0 Å². The van der Waals surface area contributed by atoms with E-state index in [4.69, 9.17) is 41.0 Å². The molecule has 0 aromatic heterocycles. The molecule has 0 N–H and O–H groups in total. The summed E-state index contributed by atoms with van der Waals surface area (Å²) in [5.74, 6) is -0.122. The molecule has 5 fully saturated rings. The number of fused-ring (bicyclic) bond motifs is 5. The van der Waals surface area contributed by atoms with E-state index in [0.29, 0.717) is 6.61 Å². The highest BCUT2D eigenvalue weighted by Crippen LogP contribution is 2.62. The third kappa shape index (κ3) is 2.78. The smallest absolute Gasteiger partial charge is 0.260 e. The Balaban J connectivity index is 0.000000145. The lowest BCUT2D eigenvalue weighted by Crippen LogP contribution is -2.53. The first-order valence-corrected chi connectivity index (χ1v) is 10.4. The monoisotopic (exact) mass is 425 g/mol. The second-order valence-electron chi connectivity index (χ2n) is 8.85. The van der Waals surface area contributed by atoms with Crippen molar-refractivity contribution in [1.82, 2.24) is 4.90 Å². The summed E-state index contributed by atoms with van der Waals surface area (Å²) in [6, 6.07) is -0.731. The lowest BCUT2D eigenvalue weighted by molar-refractivity contribution is -0.212. The van der Waals surface area contributed by atoms with Crippen LogP contribution in [0.5, 0.6) is 0 Å². The summed E-state index contributed by atoms with van der Waals surface area (Å²) in [7, 11) is 14.0. The van der Waals surface area contributed by atoms with E-state index in [1.54, 1.807) is 33.3 Å². The largest absolute Gasteiger partial charge is 0.381 e. The van der Waals surface area contributed by atoms with E-state index < -0.39 is 11.6 Å². The Morgan fingerprint density at radius 1 is 1.03 bits per heavy atom. The zero-order valence-electron chi connectivity index (χ0n) is 18.6. The number of carbonyl (C=O) groups is 1. The van der Waals surface area contributed by atoms with Gasteiger partial charge in [0.1, 0.15) is 37.4 Å². The average Bonchev–Trinajstić information content (AvgIpc) is 3.21. The van der Waals surface area contributed by atoms with Crippen LogP contribution in [0.25, 0.3) is 0 Å². The van der Waals surface area contributed by atoms with Gasteiger partial charge < -0.3 is 38.1 Å². The molecule has 10 heteroatoms. The maximum absolute atomic E-state index is 12.0. The van der Waals surface area contributed by atoms with Crippen LogP contribution in [0, 0.1) is 0 Å². The molecule has 2 radical (unpaired) electrons. The van der Waals surface area contributed by atoms with Gasteiger partial charge >= 0.3 is 0 Å². The summed E-state index contributed by atoms with van der Waals surface area (Å²) in [6.07, 6.45) is 1.99. The zero-order chi connectivity index (χ0) is 21.9. The van der Waals surface area contributed by atoms with Crippen molar-refractivity contribution in [3.63, 3.8) is 0 Å². The molecule has 0 aromatic rings. The summed E-state index contributed by atoms with van der Waals surface area (Å²) in [5.41, 5.74) is -1.52. The minimum atomic E-state index is -1.05. The number of hydrogen-bond acceptors (Lipinski definition) is 8. The van der Waals surface area contributed by atoms with Crippen molar-refractivity contribution in [3.8, 4) is 0 Å². The number of ether oxygens (including phenoxy) is 7. The van der Waals surface area contributed by atoms with Crippen molar-refractivity contribution in [3.05, 3.63) is 0 Å². The van der Waals surface area contributed by atoms with Gasteiger partial charge in [0.15, 0.2) is 5.60 Å².